The molecule has 1 aliphatic carbocycles. The highest BCUT2D eigenvalue weighted by Gasteiger charge is 2.50. The van der Waals surface area contributed by atoms with Crippen molar-refractivity contribution in [3.05, 3.63) is 125 Å². The number of carbonyl (C=O) groups is 3. The molecule has 0 bridgehead atoms. The van der Waals surface area contributed by atoms with Gasteiger partial charge in [-0.05, 0) is 86.2 Å². The van der Waals surface area contributed by atoms with Gasteiger partial charge in [0.05, 0.1) is 36.3 Å². The van der Waals surface area contributed by atoms with Crippen LogP contribution in [0.4, 0.5) is 5.69 Å². The molecule has 6 rings (SSSR count). The van der Waals surface area contributed by atoms with E-state index in [1.807, 2.05) is 113 Å². The van der Waals surface area contributed by atoms with E-state index in [9.17, 15) is 24.6 Å². The molecule has 1 fully saturated rings. The van der Waals surface area contributed by atoms with Crippen LogP contribution in [0.15, 0.2) is 91.1 Å². The number of rotatable bonds is 13. The van der Waals surface area contributed by atoms with Crippen LogP contribution in [0.2, 0.25) is 0 Å². The average Bonchev–Trinajstić information content (AvgIpc) is 3.64. The summed E-state index contributed by atoms with van der Waals surface area (Å²) < 4.78 is 5.32. The monoisotopic (exact) mass is 737 g/mol. The summed E-state index contributed by atoms with van der Waals surface area (Å²) >= 11 is 1.43. The van der Waals surface area contributed by atoms with E-state index in [-0.39, 0.29) is 18.9 Å². The minimum Gasteiger partial charge on any atom is -0.483 e. The van der Waals surface area contributed by atoms with Crippen molar-refractivity contribution in [2.45, 2.75) is 82.2 Å². The number of aliphatic hydroxyl groups is 2. The number of ether oxygens (including phenoxy) is 1. The van der Waals surface area contributed by atoms with Crippen LogP contribution in [-0.2, 0) is 33.8 Å². The Balaban J connectivity index is 1.14. The van der Waals surface area contributed by atoms with E-state index in [1.165, 1.54) is 16.7 Å². The maximum Gasteiger partial charge on any atom is 0.258 e. The maximum atomic E-state index is 14.1. The second-order valence-electron chi connectivity index (χ2n) is 14.3. The van der Waals surface area contributed by atoms with E-state index in [1.54, 1.807) is 6.20 Å². The molecule has 2 aliphatic rings. The Labute approximate surface area is 314 Å². The number of pyridine rings is 1. The number of carbonyl (C=O) groups excluding carboxylic acids is 3. The zero-order valence-corrected chi connectivity index (χ0v) is 31.2. The number of hydrogen-bond donors (Lipinski definition) is 5. The number of amides is 3. The minimum absolute atomic E-state index is 0.167. The third kappa shape index (κ3) is 8.84. The zero-order chi connectivity index (χ0) is 37.7. The van der Waals surface area contributed by atoms with Crippen LogP contribution in [-0.4, -0.2) is 79.3 Å². The van der Waals surface area contributed by atoms with Crippen LogP contribution in [0, 0.1) is 13.8 Å². The van der Waals surface area contributed by atoms with Crippen molar-refractivity contribution >= 4 is 35.2 Å². The van der Waals surface area contributed by atoms with Crippen molar-refractivity contribution in [1.29, 1.82) is 0 Å². The molecule has 5 atom stereocenters. The van der Waals surface area contributed by atoms with Gasteiger partial charge in [-0.1, -0.05) is 60.7 Å². The summed E-state index contributed by atoms with van der Waals surface area (Å²) in [6, 6.07) is 23.9. The molecular formula is C41H47N5O6S. The van der Waals surface area contributed by atoms with Crippen molar-refractivity contribution in [2.75, 3.05) is 17.8 Å². The van der Waals surface area contributed by atoms with Crippen LogP contribution in [0.3, 0.4) is 0 Å². The Bertz CT molecular complexity index is 1900. The molecule has 3 amide bonds. The lowest BCUT2D eigenvalue weighted by Gasteiger charge is -2.34. The molecular weight excluding hydrogens is 691 g/mol. The number of hydrogen-bond acceptors (Lipinski definition) is 9. The standard InChI is InChI=1S/C41H47N5O6S/c1-25-18-30(43-22-29-15-10-11-17-42-29)19-26(2)37(25)52-23-34(48)44-32(20-27-12-6-5-7-13-27)36(49)40(51)46-24-53-41(3,4)38(46)39(50)45-35-31-16-9-8-14-28(31)21-33(35)47/h5-19,32-33,35-36,38,43,47,49H,20-24H2,1-4H3,(H,44,48)(H,45,50)/t32-,33+,35-,36-,38+/m0/s1. The van der Waals surface area contributed by atoms with E-state index in [2.05, 4.69) is 20.9 Å². The molecule has 0 spiro atoms. The largest absolute Gasteiger partial charge is 0.483 e. The van der Waals surface area contributed by atoms with Gasteiger partial charge >= 0.3 is 0 Å². The van der Waals surface area contributed by atoms with Gasteiger partial charge in [-0.25, -0.2) is 0 Å². The van der Waals surface area contributed by atoms with Crippen molar-refractivity contribution in [2.24, 2.45) is 0 Å². The first-order valence-electron chi connectivity index (χ1n) is 17.8. The zero-order valence-electron chi connectivity index (χ0n) is 30.4. The predicted molar refractivity (Wildman–Crippen MR) is 205 cm³/mol. The summed E-state index contributed by atoms with van der Waals surface area (Å²) in [6.45, 7) is 7.80. The molecule has 0 unspecified atom stereocenters. The predicted octanol–water partition coefficient (Wildman–Crippen LogP) is 4.23. The Morgan fingerprint density at radius 3 is 2.42 bits per heavy atom. The van der Waals surface area contributed by atoms with Crippen LogP contribution >= 0.6 is 11.8 Å². The normalized spacial score (nSPS) is 19.9. The molecule has 11 nitrogen and oxygen atoms in total. The van der Waals surface area contributed by atoms with Crippen LogP contribution in [0.5, 0.6) is 5.75 Å². The third-order valence-electron chi connectivity index (χ3n) is 9.87. The number of fused-ring (bicyclic) bond motifs is 1. The fourth-order valence-corrected chi connectivity index (χ4v) is 8.35. The van der Waals surface area contributed by atoms with Gasteiger partial charge in [0, 0.05) is 23.1 Å². The van der Waals surface area contributed by atoms with Crippen molar-refractivity contribution < 1.29 is 29.3 Å². The first-order valence-corrected chi connectivity index (χ1v) is 18.8. The lowest BCUT2D eigenvalue weighted by molar-refractivity contribution is -0.148. The Morgan fingerprint density at radius 1 is 1.00 bits per heavy atom. The van der Waals surface area contributed by atoms with Crippen LogP contribution < -0.4 is 20.7 Å². The quantitative estimate of drug-likeness (QED) is 0.136. The van der Waals surface area contributed by atoms with Gasteiger partial charge in [-0.3, -0.25) is 19.4 Å². The summed E-state index contributed by atoms with van der Waals surface area (Å²) in [5.41, 5.74) is 6.10. The Hall–Kier alpha value is -4.91. The molecule has 1 saturated heterocycles. The summed E-state index contributed by atoms with van der Waals surface area (Å²) in [7, 11) is 0. The lowest BCUT2D eigenvalue weighted by atomic mass is 9.96. The molecule has 0 saturated carbocycles. The fraction of sp³-hybridized carbons (Fsp3) is 0.366. The summed E-state index contributed by atoms with van der Waals surface area (Å²) in [4.78, 5) is 47.2. The SMILES string of the molecule is Cc1cc(NCc2ccccn2)cc(C)c1OCC(=O)N[C@@H](Cc1ccccc1)[C@H](O)C(=O)N1CSC(C)(C)[C@H]1C(=O)N[C@H]1c2ccccc2C[C@H]1O. The van der Waals surface area contributed by atoms with Crippen LogP contribution in [0.25, 0.3) is 0 Å². The number of aryl methyl sites for hydroxylation is 2. The first kappa shape index (κ1) is 37.8. The van der Waals surface area contributed by atoms with Crippen molar-refractivity contribution in [3.63, 3.8) is 0 Å². The maximum absolute atomic E-state index is 14.1. The van der Waals surface area contributed by atoms with Crippen molar-refractivity contribution in [3.8, 4) is 5.75 Å². The fourth-order valence-electron chi connectivity index (χ4n) is 7.21. The highest BCUT2D eigenvalue weighted by Crippen LogP contribution is 2.41. The molecule has 4 aromatic rings. The number of anilines is 1. The van der Waals surface area contributed by atoms with E-state index in [0.29, 0.717) is 18.7 Å². The van der Waals surface area contributed by atoms with Gasteiger partial charge in [0.1, 0.15) is 11.8 Å². The molecule has 5 N–H and O–H groups in total. The second kappa shape index (κ2) is 16.4. The van der Waals surface area contributed by atoms with Gasteiger partial charge in [0.25, 0.3) is 11.8 Å². The molecule has 1 aromatic heterocycles. The van der Waals surface area contributed by atoms with Gasteiger partial charge in [0.2, 0.25) is 5.91 Å². The van der Waals surface area contributed by atoms with Crippen LogP contribution in [0.1, 0.15) is 53.4 Å². The number of aromatic nitrogens is 1. The Kier molecular flexibility index (Phi) is 11.7. The Morgan fingerprint density at radius 2 is 1.70 bits per heavy atom. The molecule has 278 valence electrons. The first-order chi connectivity index (χ1) is 25.4. The molecule has 53 heavy (non-hydrogen) atoms. The summed E-state index contributed by atoms with van der Waals surface area (Å²) in [5, 5.41) is 31.7. The molecule has 2 heterocycles. The van der Waals surface area contributed by atoms with E-state index in [4.69, 9.17) is 4.74 Å². The van der Waals surface area contributed by atoms with Gasteiger partial charge < -0.3 is 35.8 Å². The van der Waals surface area contributed by atoms with Crippen molar-refractivity contribution in [1.82, 2.24) is 20.5 Å². The molecule has 0 radical (unpaired) electrons. The van der Waals surface area contributed by atoms with E-state index in [0.717, 1.165) is 39.2 Å². The second-order valence-corrected chi connectivity index (χ2v) is 15.9. The lowest BCUT2D eigenvalue weighted by Crippen LogP contribution is -2.59. The minimum atomic E-state index is -1.66. The highest BCUT2D eigenvalue weighted by molar-refractivity contribution is 8.00. The number of benzene rings is 3. The molecule has 12 heteroatoms. The number of aliphatic hydroxyl groups excluding tert-OH is 2. The third-order valence-corrected chi connectivity index (χ3v) is 11.2. The summed E-state index contributed by atoms with van der Waals surface area (Å²) in [5.74, 6) is -0.848. The molecule has 3 aromatic carbocycles. The average molecular weight is 738 g/mol. The molecule has 1 aliphatic heterocycles. The van der Waals surface area contributed by atoms with Gasteiger partial charge in [-0.15, -0.1) is 11.8 Å². The highest BCUT2D eigenvalue weighted by atomic mass is 32.2. The number of nitrogens with zero attached hydrogens (tertiary/aromatic N) is 2. The van der Waals surface area contributed by atoms with Gasteiger partial charge in [0.15, 0.2) is 12.7 Å². The smallest absolute Gasteiger partial charge is 0.258 e. The van der Waals surface area contributed by atoms with Gasteiger partial charge in [-0.2, -0.15) is 0 Å². The number of nitrogens with one attached hydrogen (secondary N) is 3. The summed E-state index contributed by atoms with van der Waals surface area (Å²) in [6.07, 6.45) is -0.116. The number of thioether (sulfide) groups is 1. The topological polar surface area (TPSA) is 153 Å². The van der Waals surface area contributed by atoms with E-state index >= 15 is 0 Å². The van der Waals surface area contributed by atoms with E-state index < -0.39 is 52.8 Å².